The third-order valence-corrected chi connectivity index (χ3v) is 3.20. The molecule has 0 amide bonds. The maximum Gasteiger partial charge on any atom is 0.119 e. The van der Waals surface area contributed by atoms with Gasteiger partial charge in [-0.15, -0.1) is 0 Å². The van der Waals surface area contributed by atoms with Crippen molar-refractivity contribution in [3.63, 3.8) is 0 Å². The number of ether oxygens (including phenoxy) is 1. The molecule has 1 fully saturated rings. The number of nitrogens with one attached hydrogen (secondary N) is 2. The van der Waals surface area contributed by atoms with Crippen LogP contribution < -0.4 is 15.4 Å². The van der Waals surface area contributed by atoms with Crippen molar-refractivity contribution < 1.29 is 4.74 Å². The molecule has 1 aliphatic rings. The van der Waals surface area contributed by atoms with Crippen molar-refractivity contribution >= 4 is 0 Å². The van der Waals surface area contributed by atoms with Crippen LogP contribution in [0.1, 0.15) is 32.3 Å². The minimum Gasteiger partial charge on any atom is -0.491 e. The van der Waals surface area contributed by atoms with Crippen molar-refractivity contribution in [1.82, 2.24) is 10.6 Å². The van der Waals surface area contributed by atoms with Crippen LogP contribution >= 0.6 is 0 Å². The number of hydrogen-bond acceptors (Lipinski definition) is 3. The molecule has 2 N–H and O–H groups in total. The summed E-state index contributed by atoms with van der Waals surface area (Å²) in [6.07, 6.45) is 4.05. The predicted molar refractivity (Wildman–Crippen MR) is 79.8 cm³/mol. The van der Waals surface area contributed by atoms with E-state index in [1.165, 1.54) is 18.4 Å². The van der Waals surface area contributed by atoms with Crippen molar-refractivity contribution in [2.75, 3.05) is 19.6 Å². The van der Waals surface area contributed by atoms with Gasteiger partial charge in [0.15, 0.2) is 0 Å². The molecule has 3 heteroatoms. The molecule has 0 aliphatic heterocycles. The third-order valence-electron chi connectivity index (χ3n) is 3.20. The van der Waals surface area contributed by atoms with Crippen LogP contribution in [0.2, 0.25) is 0 Å². The van der Waals surface area contributed by atoms with Crippen molar-refractivity contribution in [2.45, 2.75) is 45.3 Å². The molecule has 1 aromatic carbocycles. The van der Waals surface area contributed by atoms with Crippen LogP contribution in [0.4, 0.5) is 0 Å². The van der Waals surface area contributed by atoms with Crippen LogP contribution in [-0.4, -0.2) is 31.8 Å². The molecule has 0 heterocycles. The summed E-state index contributed by atoms with van der Waals surface area (Å²) in [4.78, 5) is 0. The minimum absolute atomic E-state index is 0.242. The lowest BCUT2D eigenvalue weighted by molar-refractivity contribution is 0.242. The first-order valence-corrected chi connectivity index (χ1v) is 7.44. The normalized spacial score (nSPS) is 14.9. The largest absolute Gasteiger partial charge is 0.491 e. The van der Waals surface area contributed by atoms with E-state index < -0.39 is 0 Å². The maximum absolute atomic E-state index is 5.63. The second-order valence-corrected chi connectivity index (χ2v) is 5.54. The summed E-state index contributed by atoms with van der Waals surface area (Å²) in [5.74, 6) is 0.959. The molecule has 0 unspecified atom stereocenters. The van der Waals surface area contributed by atoms with Gasteiger partial charge in [-0.1, -0.05) is 12.1 Å². The number of benzene rings is 1. The van der Waals surface area contributed by atoms with Crippen molar-refractivity contribution in [3.05, 3.63) is 29.8 Å². The zero-order valence-corrected chi connectivity index (χ0v) is 12.1. The average molecular weight is 262 g/mol. The van der Waals surface area contributed by atoms with Gasteiger partial charge in [-0.25, -0.2) is 0 Å². The van der Waals surface area contributed by atoms with Crippen LogP contribution in [0.5, 0.6) is 5.75 Å². The highest BCUT2D eigenvalue weighted by Crippen LogP contribution is 2.17. The van der Waals surface area contributed by atoms with E-state index in [1.54, 1.807) is 0 Å². The summed E-state index contributed by atoms with van der Waals surface area (Å²) in [5, 5.41) is 6.97. The van der Waals surface area contributed by atoms with Gasteiger partial charge >= 0.3 is 0 Å². The van der Waals surface area contributed by atoms with Crippen LogP contribution in [0, 0.1) is 0 Å². The molecule has 1 aromatic rings. The zero-order chi connectivity index (χ0) is 13.5. The molecule has 0 aromatic heterocycles. The second-order valence-electron chi connectivity index (χ2n) is 5.54. The highest BCUT2D eigenvalue weighted by molar-refractivity contribution is 5.27. The maximum atomic E-state index is 5.63. The summed E-state index contributed by atoms with van der Waals surface area (Å²) in [5.41, 5.74) is 1.36. The smallest absolute Gasteiger partial charge is 0.119 e. The molecule has 1 saturated carbocycles. The molecule has 0 bridgehead atoms. The van der Waals surface area contributed by atoms with Gasteiger partial charge in [0.25, 0.3) is 0 Å². The SMILES string of the molecule is CC(C)Oc1ccc(CCNCCNC2CC2)cc1. The van der Waals surface area contributed by atoms with Crippen molar-refractivity contribution in [1.29, 1.82) is 0 Å². The van der Waals surface area contributed by atoms with Crippen molar-refractivity contribution in [3.8, 4) is 5.75 Å². The number of rotatable bonds is 9. The lowest BCUT2D eigenvalue weighted by Crippen LogP contribution is -2.29. The minimum atomic E-state index is 0.242. The molecule has 19 heavy (non-hydrogen) atoms. The molecular formula is C16H26N2O. The Balaban J connectivity index is 1.56. The topological polar surface area (TPSA) is 33.3 Å². The molecule has 106 valence electrons. The van der Waals surface area contributed by atoms with Crippen LogP contribution in [0.15, 0.2) is 24.3 Å². The fraction of sp³-hybridized carbons (Fsp3) is 0.625. The van der Waals surface area contributed by atoms with E-state index in [1.807, 2.05) is 13.8 Å². The van der Waals surface area contributed by atoms with Gasteiger partial charge < -0.3 is 15.4 Å². The molecule has 0 atom stereocenters. The monoisotopic (exact) mass is 262 g/mol. The van der Waals surface area contributed by atoms with E-state index in [2.05, 4.69) is 34.9 Å². The van der Waals surface area contributed by atoms with Gasteiger partial charge in [-0.2, -0.15) is 0 Å². The van der Waals surface area contributed by atoms with Gasteiger partial charge in [-0.3, -0.25) is 0 Å². The Morgan fingerprint density at radius 1 is 1.11 bits per heavy atom. The van der Waals surface area contributed by atoms with Gasteiger partial charge in [0.2, 0.25) is 0 Å². The van der Waals surface area contributed by atoms with Gasteiger partial charge in [0.1, 0.15) is 5.75 Å². The molecule has 0 radical (unpaired) electrons. The summed E-state index contributed by atoms with van der Waals surface area (Å²) in [7, 11) is 0. The highest BCUT2D eigenvalue weighted by atomic mass is 16.5. The standard InChI is InChI=1S/C16H26N2O/c1-13(2)19-16-7-3-14(4-8-16)9-10-17-11-12-18-15-5-6-15/h3-4,7-8,13,15,17-18H,5-6,9-12H2,1-2H3. The molecule has 0 saturated heterocycles. The van der Waals surface area contributed by atoms with Crippen molar-refractivity contribution in [2.24, 2.45) is 0 Å². The van der Waals surface area contributed by atoms with E-state index in [0.717, 1.165) is 37.8 Å². The third kappa shape index (κ3) is 6.08. The average Bonchev–Trinajstić information content (AvgIpc) is 3.19. The van der Waals surface area contributed by atoms with E-state index in [-0.39, 0.29) is 6.10 Å². The van der Waals surface area contributed by atoms with E-state index in [9.17, 15) is 0 Å². The van der Waals surface area contributed by atoms with E-state index >= 15 is 0 Å². The predicted octanol–water partition coefficient (Wildman–Crippen LogP) is 2.36. The Bertz CT molecular complexity index is 358. The van der Waals surface area contributed by atoms with Gasteiger partial charge in [-0.05, 0) is 57.4 Å². The van der Waals surface area contributed by atoms with E-state index in [0.29, 0.717) is 0 Å². The highest BCUT2D eigenvalue weighted by Gasteiger charge is 2.19. The first-order valence-electron chi connectivity index (χ1n) is 7.44. The summed E-state index contributed by atoms with van der Waals surface area (Å²) in [6, 6.07) is 9.24. The Morgan fingerprint density at radius 2 is 1.84 bits per heavy atom. The van der Waals surface area contributed by atoms with Gasteiger partial charge in [0, 0.05) is 19.1 Å². The number of hydrogen-bond donors (Lipinski definition) is 2. The first-order chi connectivity index (χ1) is 9.24. The zero-order valence-electron chi connectivity index (χ0n) is 12.1. The fourth-order valence-corrected chi connectivity index (χ4v) is 2.02. The fourth-order valence-electron chi connectivity index (χ4n) is 2.02. The summed E-state index contributed by atoms with van der Waals surface area (Å²) in [6.45, 7) is 7.29. The van der Waals surface area contributed by atoms with E-state index in [4.69, 9.17) is 4.74 Å². The Morgan fingerprint density at radius 3 is 2.47 bits per heavy atom. The Labute approximate surface area is 116 Å². The quantitative estimate of drug-likeness (QED) is 0.670. The van der Waals surface area contributed by atoms with Crippen LogP contribution in [0.3, 0.4) is 0 Å². The second kappa shape index (κ2) is 7.51. The molecule has 3 nitrogen and oxygen atoms in total. The summed E-state index contributed by atoms with van der Waals surface area (Å²) >= 11 is 0. The Hall–Kier alpha value is -1.06. The Kier molecular flexibility index (Phi) is 5.67. The molecule has 2 rings (SSSR count). The lowest BCUT2D eigenvalue weighted by Gasteiger charge is -2.10. The molecule has 1 aliphatic carbocycles. The van der Waals surface area contributed by atoms with Gasteiger partial charge in [0.05, 0.1) is 6.10 Å². The summed E-state index contributed by atoms with van der Waals surface area (Å²) < 4.78 is 5.63. The van der Waals surface area contributed by atoms with Crippen LogP contribution in [0.25, 0.3) is 0 Å². The molecular weight excluding hydrogens is 236 g/mol. The molecule has 0 spiro atoms. The van der Waals surface area contributed by atoms with Crippen LogP contribution in [-0.2, 0) is 6.42 Å². The lowest BCUT2D eigenvalue weighted by atomic mass is 10.1. The first kappa shape index (κ1) is 14.4.